The van der Waals surface area contributed by atoms with Crippen LogP contribution in [0.25, 0.3) is 0 Å². The maximum atomic E-state index is 10.5. The number of benzene rings is 1. The second-order valence-corrected chi connectivity index (χ2v) is 4.52. The average Bonchev–Trinajstić information content (AvgIpc) is 2.60. The molecule has 1 aliphatic heterocycles. The third-order valence-corrected chi connectivity index (χ3v) is 3.50. The Bertz CT molecular complexity index is 367. The molecular weight excluding hydrogens is 202 g/mol. The SMILES string of the molecule is COc1ccccc1CC1(O)CCNC1C. The first-order chi connectivity index (χ1) is 7.65. The van der Waals surface area contributed by atoms with Gasteiger partial charge in [0, 0.05) is 12.5 Å². The summed E-state index contributed by atoms with van der Waals surface area (Å²) >= 11 is 0. The maximum absolute atomic E-state index is 10.5. The Morgan fingerprint density at radius 2 is 2.25 bits per heavy atom. The molecule has 88 valence electrons. The van der Waals surface area contributed by atoms with E-state index in [1.807, 2.05) is 31.2 Å². The first-order valence-electron chi connectivity index (χ1n) is 5.73. The Kier molecular flexibility index (Phi) is 3.17. The zero-order valence-corrected chi connectivity index (χ0v) is 9.86. The average molecular weight is 221 g/mol. The summed E-state index contributed by atoms with van der Waals surface area (Å²) in [6.07, 6.45) is 1.44. The van der Waals surface area contributed by atoms with Crippen LogP contribution in [-0.4, -0.2) is 30.4 Å². The number of rotatable bonds is 3. The first-order valence-corrected chi connectivity index (χ1v) is 5.73. The number of ether oxygens (including phenoxy) is 1. The van der Waals surface area contributed by atoms with Crippen LogP contribution < -0.4 is 10.1 Å². The van der Waals surface area contributed by atoms with Crippen LogP contribution in [0.15, 0.2) is 24.3 Å². The second kappa shape index (κ2) is 4.44. The molecule has 0 bridgehead atoms. The molecule has 1 aliphatic rings. The van der Waals surface area contributed by atoms with Gasteiger partial charge in [-0.25, -0.2) is 0 Å². The minimum atomic E-state index is -0.644. The van der Waals surface area contributed by atoms with Crippen molar-refractivity contribution in [2.24, 2.45) is 0 Å². The van der Waals surface area contributed by atoms with Gasteiger partial charge in [-0.2, -0.15) is 0 Å². The van der Waals surface area contributed by atoms with Crippen molar-refractivity contribution in [3.05, 3.63) is 29.8 Å². The van der Waals surface area contributed by atoms with Gasteiger partial charge in [0.15, 0.2) is 0 Å². The lowest BCUT2D eigenvalue weighted by molar-refractivity contribution is 0.0330. The fourth-order valence-corrected chi connectivity index (χ4v) is 2.33. The standard InChI is InChI=1S/C13H19NO2/c1-10-13(15,7-8-14-10)9-11-5-3-4-6-12(11)16-2/h3-6,10,14-15H,7-9H2,1-2H3. The van der Waals surface area contributed by atoms with Crippen LogP contribution in [0, 0.1) is 0 Å². The Morgan fingerprint density at radius 1 is 1.50 bits per heavy atom. The van der Waals surface area contributed by atoms with Crippen molar-refractivity contribution in [1.82, 2.24) is 5.32 Å². The third-order valence-electron chi connectivity index (χ3n) is 3.50. The molecule has 3 nitrogen and oxygen atoms in total. The summed E-state index contributed by atoms with van der Waals surface area (Å²) in [5.41, 5.74) is 0.428. The summed E-state index contributed by atoms with van der Waals surface area (Å²) in [4.78, 5) is 0. The van der Waals surface area contributed by atoms with Crippen LogP contribution in [-0.2, 0) is 6.42 Å². The van der Waals surface area contributed by atoms with Gasteiger partial charge in [-0.3, -0.25) is 0 Å². The van der Waals surface area contributed by atoms with Gasteiger partial charge >= 0.3 is 0 Å². The van der Waals surface area contributed by atoms with Gasteiger partial charge in [0.1, 0.15) is 5.75 Å². The molecule has 1 fully saturated rings. The molecule has 16 heavy (non-hydrogen) atoms. The largest absolute Gasteiger partial charge is 0.496 e. The molecule has 0 saturated carbocycles. The number of nitrogens with one attached hydrogen (secondary N) is 1. The van der Waals surface area contributed by atoms with E-state index in [2.05, 4.69) is 5.32 Å². The molecule has 0 amide bonds. The van der Waals surface area contributed by atoms with Crippen LogP contribution >= 0.6 is 0 Å². The fraction of sp³-hybridized carbons (Fsp3) is 0.538. The summed E-state index contributed by atoms with van der Waals surface area (Å²) < 4.78 is 5.30. The zero-order chi connectivity index (χ0) is 11.6. The van der Waals surface area contributed by atoms with Crippen LogP contribution in [0.4, 0.5) is 0 Å². The second-order valence-electron chi connectivity index (χ2n) is 4.52. The molecule has 1 saturated heterocycles. The Labute approximate surface area is 96.4 Å². The number of hydrogen-bond acceptors (Lipinski definition) is 3. The predicted octanol–water partition coefficient (Wildman–Crippen LogP) is 1.35. The summed E-state index contributed by atoms with van der Waals surface area (Å²) in [6.45, 7) is 2.91. The van der Waals surface area contributed by atoms with Crippen molar-refractivity contribution >= 4 is 0 Å². The number of para-hydroxylation sites is 1. The van der Waals surface area contributed by atoms with Gasteiger partial charge in [-0.05, 0) is 31.5 Å². The quantitative estimate of drug-likeness (QED) is 0.809. The van der Waals surface area contributed by atoms with Crippen LogP contribution in [0.3, 0.4) is 0 Å². The van der Waals surface area contributed by atoms with Gasteiger partial charge in [-0.15, -0.1) is 0 Å². The van der Waals surface area contributed by atoms with Crippen molar-refractivity contribution < 1.29 is 9.84 Å². The van der Waals surface area contributed by atoms with Crippen LogP contribution in [0.5, 0.6) is 5.75 Å². The van der Waals surface area contributed by atoms with E-state index in [4.69, 9.17) is 4.74 Å². The minimum absolute atomic E-state index is 0.136. The molecule has 0 aliphatic carbocycles. The van der Waals surface area contributed by atoms with Gasteiger partial charge < -0.3 is 15.2 Å². The van der Waals surface area contributed by atoms with Crippen molar-refractivity contribution in [3.63, 3.8) is 0 Å². The molecule has 2 atom stereocenters. The molecule has 2 N–H and O–H groups in total. The van der Waals surface area contributed by atoms with E-state index < -0.39 is 5.60 Å². The molecule has 2 unspecified atom stereocenters. The molecule has 1 aromatic carbocycles. The van der Waals surface area contributed by atoms with Gasteiger partial charge in [-0.1, -0.05) is 18.2 Å². The lowest BCUT2D eigenvalue weighted by Gasteiger charge is -2.27. The Morgan fingerprint density at radius 3 is 2.88 bits per heavy atom. The molecular formula is C13H19NO2. The molecule has 0 aromatic heterocycles. The van der Waals surface area contributed by atoms with E-state index in [0.29, 0.717) is 6.42 Å². The van der Waals surface area contributed by atoms with Gasteiger partial charge in [0.05, 0.1) is 12.7 Å². The molecule has 0 spiro atoms. The van der Waals surface area contributed by atoms with Crippen LogP contribution in [0.2, 0.25) is 0 Å². The highest BCUT2D eigenvalue weighted by molar-refractivity contribution is 5.34. The molecule has 3 heteroatoms. The van der Waals surface area contributed by atoms with E-state index in [0.717, 1.165) is 24.3 Å². The highest BCUT2D eigenvalue weighted by atomic mass is 16.5. The van der Waals surface area contributed by atoms with E-state index in [9.17, 15) is 5.11 Å². The van der Waals surface area contributed by atoms with E-state index in [1.54, 1.807) is 7.11 Å². The van der Waals surface area contributed by atoms with Crippen molar-refractivity contribution in [2.75, 3.05) is 13.7 Å². The molecule has 2 rings (SSSR count). The monoisotopic (exact) mass is 221 g/mol. The fourth-order valence-electron chi connectivity index (χ4n) is 2.33. The zero-order valence-electron chi connectivity index (χ0n) is 9.86. The summed E-state index contributed by atoms with van der Waals surface area (Å²) in [7, 11) is 1.67. The van der Waals surface area contributed by atoms with E-state index in [-0.39, 0.29) is 6.04 Å². The highest BCUT2D eigenvalue weighted by Gasteiger charge is 2.38. The van der Waals surface area contributed by atoms with E-state index in [1.165, 1.54) is 0 Å². The summed E-state index contributed by atoms with van der Waals surface area (Å²) in [5.74, 6) is 0.857. The first kappa shape index (κ1) is 11.4. The smallest absolute Gasteiger partial charge is 0.122 e. The summed E-state index contributed by atoms with van der Waals surface area (Å²) in [6, 6.07) is 8.02. The summed E-state index contributed by atoms with van der Waals surface area (Å²) in [5, 5.41) is 13.8. The molecule has 1 heterocycles. The number of hydrogen-bond donors (Lipinski definition) is 2. The molecule has 1 aromatic rings. The minimum Gasteiger partial charge on any atom is -0.496 e. The van der Waals surface area contributed by atoms with Gasteiger partial charge in [0.25, 0.3) is 0 Å². The topological polar surface area (TPSA) is 41.5 Å². The maximum Gasteiger partial charge on any atom is 0.122 e. The van der Waals surface area contributed by atoms with Gasteiger partial charge in [0.2, 0.25) is 0 Å². The predicted molar refractivity (Wildman–Crippen MR) is 63.7 cm³/mol. The van der Waals surface area contributed by atoms with Crippen molar-refractivity contribution in [3.8, 4) is 5.75 Å². The number of aliphatic hydroxyl groups is 1. The normalized spacial score (nSPS) is 29.3. The third kappa shape index (κ3) is 2.06. The Hall–Kier alpha value is -1.06. The highest BCUT2D eigenvalue weighted by Crippen LogP contribution is 2.29. The van der Waals surface area contributed by atoms with Crippen molar-refractivity contribution in [2.45, 2.75) is 31.4 Å². The van der Waals surface area contributed by atoms with Crippen LogP contribution in [0.1, 0.15) is 18.9 Å². The Balaban J connectivity index is 2.20. The number of methoxy groups -OCH3 is 1. The molecule has 0 radical (unpaired) electrons. The van der Waals surface area contributed by atoms with E-state index >= 15 is 0 Å². The lowest BCUT2D eigenvalue weighted by atomic mass is 9.88. The van der Waals surface area contributed by atoms with Crippen molar-refractivity contribution in [1.29, 1.82) is 0 Å². The lowest BCUT2D eigenvalue weighted by Crippen LogP contribution is -2.42.